The van der Waals surface area contributed by atoms with Crippen LogP contribution < -0.4 is 16.1 Å². The average Bonchev–Trinajstić information content (AvgIpc) is 2.99. The summed E-state index contributed by atoms with van der Waals surface area (Å²) in [6, 6.07) is 7.57. The molecule has 7 nitrogen and oxygen atoms in total. The molecule has 1 aromatic rings. The molecule has 3 rings (SSSR count). The number of rotatable bonds is 3. The van der Waals surface area contributed by atoms with E-state index in [1.54, 1.807) is 17.8 Å². The monoisotopic (exact) mass is 285 g/mol. The van der Waals surface area contributed by atoms with Gasteiger partial charge in [-0.2, -0.15) is 10.4 Å². The van der Waals surface area contributed by atoms with Crippen molar-refractivity contribution in [1.29, 1.82) is 10.7 Å². The maximum Gasteiger partial charge on any atom is 0.201 e. The lowest BCUT2D eigenvalue weighted by Crippen LogP contribution is -2.22. The van der Waals surface area contributed by atoms with E-state index < -0.39 is 0 Å². The molecule has 0 spiro atoms. The van der Waals surface area contributed by atoms with Crippen LogP contribution in [0.3, 0.4) is 0 Å². The summed E-state index contributed by atoms with van der Waals surface area (Å²) in [4.78, 5) is 7.74. The summed E-state index contributed by atoms with van der Waals surface area (Å²) >= 11 is 1.66. The number of hydrazone groups is 1. The number of aliphatic imine (C=N–C) groups is 1. The Bertz CT molecular complexity index is 686. The highest BCUT2D eigenvalue weighted by Crippen LogP contribution is 2.43. The Hall–Kier alpha value is -2.53. The Morgan fingerprint density at radius 2 is 2.45 bits per heavy atom. The summed E-state index contributed by atoms with van der Waals surface area (Å²) in [5.74, 6) is -0.356. The number of amidine groups is 2. The topological polar surface area (TPSA) is 114 Å². The molecule has 0 aromatic heterocycles. The van der Waals surface area contributed by atoms with Gasteiger partial charge in [-0.1, -0.05) is 0 Å². The number of nitrogens with one attached hydrogen (secondary N) is 2. The molecule has 8 heteroatoms. The molecule has 2 aliphatic rings. The van der Waals surface area contributed by atoms with Gasteiger partial charge >= 0.3 is 0 Å². The minimum Gasteiger partial charge on any atom is -0.382 e. The van der Waals surface area contributed by atoms with Crippen molar-refractivity contribution < 1.29 is 0 Å². The van der Waals surface area contributed by atoms with E-state index in [0.717, 1.165) is 34.5 Å². The fraction of sp³-hybridized carbons (Fsp3) is 0.167. The normalized spacial score (nSPS) is 16.2. The first kappa shape index (κ1) is 12.5. The Kier molecular flexibility index (Phi) is 3.04. The molecule has 4 N–H and O–H groups in total. The van der Waals surface area contributed by atoms with Gasteiger partial charge in [-0.05, 0) is 30.0 Å². The first-order valence-electron chi connectivity index (χ1n) is 5.91. The van der Waals surface area contributed by atoms with Crippen molar-refractivity contribution in [2.75, 3.05) is 23.4 Å². The van der Waals surface area contributed by atoms with Gasteiger partial charge in [0.1, 0.15) is 6.07 Å². The van der Waals surface area contributed by atoms with E-state index in [2.05, 4.69) is 20.4 Å². The zero-order valence-corrected chi connectivity index (χ0v) is 11.2. The molecule has 0 amide bonds. The quantitative estimate of drug-likeness (QED) is 0.438. The lowest BCUT2D eigenvalue weighted by molar-refractivity contribution is 1.01. The molecule has 100 valence electrons. The van der Waals surface area contributed by atoms with Gasteiger partial charge in [0.05, 0.1) is 17.9 Å². The molecule has 0 atom stereocenters. The largest absolute Gasteiger partial charge is 0.382 e. The summed E-state index contributed by atoms with van der Waals surface area (Å²) in [6.45, 7) is 1.71. The van der Waals surface area contributed by atoms with Crippen LogP contribution in [0.25, 0.3) is 0 Å². The third-order valence-electron chi connectivity index (χ3n) is 2.91. The van der Waals surface area contributed by atoms with Crippen molar-refractivity contribution in [3.8, 4) is 6.07 Å². The van der Waals surface area contributed by atoms with Crippen LogP contribution in [0.5, 0.6) is 0 Å². The van der Waals surface area contributed by atoms with E-state index in [9.17, 15) is 0 Å². The minimum atomic E-state index is -0.356. The number of thioether (sulfide) groups is 1. The summed E-state index contributed by atoms with van der Waals surface area (Å²) in [5.41, 5.74) is 9.69. The second-order valence-electron chi connectivity index (χ2n) is 4.20. The second-order valence-corrected chi connectivity index (χ2v) is 5.21. The molecule has 0 radical (unpaired) electrons. The van der Waals surface area contributed by atoms with Crippen molar-refractivity contribution in [2.45, 2.75) is 4.90 Å². The number of hydrogen-bond acceptors (Lipinski definition) is 7. The van der Waals surface area contributed by atoms with Gasteiger partial charge in [-0.15, -0.1) is 0 Å². The minimum absolute atomic E-state index is 0.136. The van der Waals surface area contributed by atoms with Gasteiger partial charge in [0.25, 0.3) is 0 Å². The number of nitriles is 1. The molecule has 0 aliphatic carbocycles. The second kappa shape index (κ2) is 4.86. The van der Waals surface area contributed by atoms with E-state index in [1.165, 1.54) is 0 Å². The van der Waals surface area contributed by atoms with Crippen LogP contribution in [0.1, 0.15) is 0 Å². The van der Waals surface area contributed by atoms with E-state index in [-0.39, 0.29) is 11.5 Å². The highest BCUT2D eigenvalue weighted by atomic mass is 32.2. The predicted molar refractivity (Wildman–Crippen MR) is 80.5 cm³/mol. The Morgan fingerprint density at radius 1 is 1.60 bits per heavy atom. The maximum atomic E-state index is 8.78. The van der Waals surface area contributed by atoms with Crippen LogP contribution in [-0.4, -0.2) is 29.8 Å². The average molecular weight is 285 g/mol. The Balaban J connectivity index is 1.84. The molecule has 0 bridgehead atoms. The zero-order chi connectivity index (χ0) is 14.1. The summed E-state index contributed by atoms with van der Waals surface area (Å²) in [5, 5.41) is 20.8. The third-order valence-corrected chi connectivity index (χ3v) is 4.01. The number of fused-ring (bicyclic) bond motifs is 3. The highest BCUT2D eigenvalue weighted by molar-refractivity contribution is 8.14. The molecule has 2 aliphatic heterocycles. The van der Waals surface area contributed by atoms with E-state index in [0.29, 0.717) is 0 Å². The predicted octanol–water partition coefficient (Wildman–Crippen LogP) is 1.20. The first-order valence-corrected chi connectivity index (χ1v) is 6.73. The van der Waals surface area contributed by atoms with Crippen LogP contribution in [0.15, 0.2) is 33.2 Å². The molecular formula is C12H11N7S. The van der Waals surface area contributed by atoms with Crippen molar-refractivity contribution >= 4 is 39.9 Å². The number of nitrogens with two attached hydrogens (primary N) is 1. The van der Waals surface area contributed by atoms with Gasteiger partial charge in [-0.25, -0.2) is 0 Å². The third kappa shape index (κ3) is 2.08. The van der Waals surface area contributed by atoms with Gasteiger partial charge in [-0.3, -0.25) is 15.8 Å². The molecule has 0 saturated heterocycles. The van der Waals surface area contributed by atoms with Gasteiger partial charge in [0.2, 0.25) is 5.71 Å². The molecule has 0 fully saturated rings. The standard InChI is InChI=1S/C12H11N7S/c13-6-8(11(14)15)18-17-7-1-2-10-9(5-7)19-4-3-16-12(19)20-10/h1-2,5,17H,3-4H2,(H3,14,15)/b18-8+. The SMILES string of the molecule is N#C/C(=N\Nc1ccc2c(c1)N1CCN=C1S2)C(=N)N. The van der Waals surface area contributed by atoms with E-state index >= 15 is 0 Å². The Morgan fingerprint density at radius 3 is 3.20 bits per heavy atom. The summed E-state index contributed by atoms with van der Waals surface area (Å²) < 4.78 is 0. The lowest BCUT2D eigenvalue weighted by atomic mass is 10.2. The Labute approximate surface area is 119 Å². The number of benzene rings is 1. The van der Waals surface area contributed by atoms with Crippen molar-refractivity contribution in [3.63, 3.8) is 0 Å². The summed E-state index contributed by atoms with van der Waals surface area (Å²) in [6.07, 6.45) is 0. The van der Waals surface area contributed by atoms with Gasteiger partial charge < -0.3 is 10.6 Å². The van der Waals surface area contributed by atoms with Crippen LogP contribution >= 0.6 is 11.8 Å². The van der Waals surface area contributed by atoms with Crippen molar-refractivity contribution in [1.82, 2.24) is 0 Å². The van der Waals surface area contributed by atoms with Crippen LogP contribution in [-0.2, 0) is 0 Å². The number of anilines is 2. The first-order chi connectivity index (χ1) is 9.69. The number of nitrogens with zero attached hydrogens (tertiary/aromatic N) is 4. The van der Waals surface area contributed by atoms with Gasteiger partial charge in [0.15, 0.2) is 11.0 Å². The van der Waals surface area contributed by atoms with E-state index in [1.807, 2.05) is 18.2 Å². The maximum absolute atomic E-state index is 8.78. The molecule has 1 aromatic carbocycles. The molecule has 0 unspecified atom stereocenters. The van der Waals surface area contributed by atoms with Gasteiger partial charge in [0, 0.05) is 11.4 Å². The van der Waals surface area contributed by atoms with E-state index in [4.69, 9.17) is 16.4 Å². The number of hydrogen-bond donors (Lipinski definition) is 3. The van der Waals surface area contributed by atoms with Crippen LogP contribution in [0.4, 0.5) is 11.4 Å². The lowest BCUT2D eigenvalue weighted by Gasteiger charge is -2.13. The van der Waals surface area contributed by atoms with Crippen LogP contribution in [0, 0.1) is 16.7 Å². The van der Waals surface area contributed by atoms with Crippen molar-refractivity contribution in [3.05, 3.63) is 18.2 Å². The summed E-state index contributed by atoms with van der Waals surface area (Å²) in [7, 11) is 0. The zero-order valence-electron chi connectivity index (χ0n) is 10.4. The fourth-order valence-corrected chi connectivity index (χ4v) is 3.05. The molecule has 20 heavy (non-hydrogen) atoms. The fourth-order valence-electron chi connectivity index (χ4n) is 1.99. The smallest absolute Gasteiger partial charge is 0.201 e. The highest BCUT2D eigenvalue weighted by Gasteiger charge is 2.29. The molecule has 0 saturated carbocycles. The van der Waals surface area contributed by atoms with Crippen molar-refractivity contribution in [2.24, 2.45) is 15.8 Å². The van der Waals surface area contributed by atoms with Crippen LogP contribution in [0.2, 0.25) is 0 Å². The molecular weight excluding hydrogens is 274 g/mol. The molecule has 2 heterocycles.